The quantitative estimate of drug-likeness (QED) is 0.871. The molecule has 1 atom stereocenters. The van der Waals surface area contributed by atoms with Gasteiger partial charge in [0.25, 0.3) is 0 Å². The molecule has 1 fully saturated rings. The molecule has 1 aliphatic rings. The Labute approximate surface area is 129 Å². The van der Waals surface area contributed by atoms with Crippen molar-refractivity contribution >= 4 is 11.6 Å². The second-order valence-electron chi connectivity index (χ2n) is 5.29. The van der Waals surface area contributed by atoms with E-state index < -0.39 is 11.5 Å². The Morgan fingerprint density at radius 2 is 2.00 bits per heavy atom. The van der Waals surface area contributed by atoms with Crippen LogP contribution in [0.5, 0.6) is 11.5 Å². The van der Waals surface area contributed by atoms with Crippen LogP contribution >= 0.6 is 11.6 Å². The highest BCUT2D eigenvalue weighted by Crippen LogP contribution is 2.47. The predicted octanol–water partition coefficient (Wildman–Crippen LogP) is 2.15. The lowest BCUT2D eigenvalue weighted by atomic mass is 9.73. The SMILES string of the molecule is COc1ccc(C(O)C2(CN)CCOCC2)c(Cl)c1OC. The summed E-state index contributed by atoms with van der Waals surface area (Å²) in [6, 6.07) is 3.51. The van der Waals surface area contributed by atoms with E-state index in [1.807, 2.05) is 0 Å². The average Bonchev–Trinajstić information content (AvgIpc) is 2.54. The highest BCUT2D eigenvalue weighted by atomic mass is 35.5. The van der Waals surface area contributed by atoms with E-state index in [4.69, 9.17) is 31.5 Å². The summed E-state index contributed by atoms with van der Waals surface area (Å²) in [6.45, 7) is 1.57. The summed E-state index contributed by atoms with van der Waals surface area (Å²) in [5.74, 6) is 0.960. The molecule has 1 unspecified atom stereocenters. The fraction of sp³-hybridized carbons (Fsp3) is 0.600. The van der Waals surface area contributed by atoms with Crippen molar-refractivity contribution in [3.63, 3.8) is 0 Å². The van der Waals surface area contributed by atoms with Crippen LogP contribution in [0.4, 0.5) is 0 Å². The molecule has 0 saturated carbocycles. The Morgan fingerprint density at radius 3 is 2.52 bits per heavy atom. The minimum Gasteiger partial charge on any atom is -0.493 e. The Morgan fingerprint density at radius 1 is 1.33 bits per heavy atom. The van der Waals surface area contributed by atoms with Gasteiger partial charge in [-0.15, -0.1) is 0 Å². The smallest absolute Gasteiger partial charge is 0.179 e. The van der Waals surface area contributed by atoms with Crippen molar-refractivity contribution in [3.05, 3.63) is 22.7 Å². The lowest BCUT2D eigenvalue weighted by Gasteiger charge is -2.40. The molecule has 0 spiro atoms. The predicted molar refractivity (Wildman–Crippen MR) is 81.1 cm³/mol. The molecule has 1 saturated heterocycles. The van der Waals surface area contributed by atoms with E-state index in [2.05, 4.69) is 0 Å². The second kappa shape index (κ2) is 6.83. The summed E-state index contributed by atoms with van der Waals surface area (Å²) >= 11 is 6.39. The van der Waals surface area contributed by atoms with E-state index in [-0.39, 0.29) is 0 Å². The Hall–Kier alpha value is -1.01. The average molecular weight is 316 g/mol. The third kappa shape index (κ3) is 2.97. The van der Waals surface area contributed by atoms with Crippen molar-refractivity contribution in [2.75, 3.05) is 34.0 Å². The van der Waals surface area contributed by atoms with Crippen LogP contribution in [0.25, 0.3) is 0 Å². The monoisotopic (exact) mass is 315 g/mol. The van der Waals surface area contributed by atoms with Crippen LogP contribution in [0.2, 0.25) is 5.02 Å². The van der Waals surface area contributed by atoms with Gasteiger partial charge in [0.15, 0.2) is 11.5 Å². The number of aliphatic hydroxyl groups is 1. The van der Waals surface area contributed by atoms with Crippen LogP contribution in [-0.4, -0.2) is 39.1 Å². The van der Waals surface area contributed by atoms with Crippen LogP contribution in [0, 0.1) is 5.41 Å². The van der Waals surface area contributed by atoms with Crippen molar-refractivity contribution in [1.82, 2.24) is 0 Å². The summed E-state index contributed by atoms with van der Waals surface area (Å²) < 4.78 is 15.9. The molecule has 0 radical (unpaired) electrons. The number of benzene rings is 1. The van der Waals surface area contributed by atoms with Crippen molar-refractivity contribution in [2.45, 2.75) is 18.9 Å². The number of nitrogens with two attached hydrogens (primary N) is 1. The first-order valence-corrected chi connectivity index (χ1v) is 7.33. The fourth-order valence-corrected chi connectivity index (χ4v) is 3.15. The number of rotatable bonds is 5. The van der Waals surface area contributed by atoms with E-state index in [0.717, 1.165) is 0 Å². The number of ether oxygens (including phenoxy) is 3. The molecule has 2 rings (SSSR count). The van der Waals surface area contributed by atoms with Gasteiger partial charge in [0, 0.05) is 30.7 Å². The zero-order valence-corrected chi connectivity index (χ0v) is 13.2. The molecule has 1 heterocycles. The van der Waals surface area contributed by atoms with Crippen LogP contribution in [-0.2, 0) is 4.74 Å². The maximum atomic E-state index is 10.8. The van der Waals surface area contributed by atoms with Gasteiger partial charge in [-0.3, -0.25) is 0 Å². The first-order valence-electron chi connectivity index (χ1n) is 6.96. The number of methoxy groups -OCH3 is 2. The van der Waals surface area contributed by atoms with Gasteiger partial charge in [0.2, 0.25) is 0 Å². The molecule has 3 N–H and O–H groups in total. The first kappa shape index (κ1) is 16.4. The summed E-state index contributed by atoms with van der Waals surface area (Å²) in [4.78, 5) is 0. The largest absolute Gasteiger partial charge is 0.493 e. The van der Waals surface area contributed by atoms with Gasteiger partial charge in [0.05, 0.1) is 25.3 Å². The number of hydrogen-bond donors (Lipinski definition) is 2. The molecule has 118 valence electrons. The lowest BCUT2D eigenvalue weighted by molar-refractivity contribution is -0.0581. The molecule has 6 heteroatoms. The number of hydrogen-bond acceptors (Lipinski definition) is 5. The van der Waals surface area contributed by atoms with E-state index in [1.54, 1.807) is 19.2 Å². The molecule has 0 aromatic heterocycles. The van der Waals surface area contributed by atoms with E-state index in [0.29, 0.717) is 54.7 Å². The van der Waals surface area contributed by atoms with Crippen LogP contribution in [0.3, 0.4) is 0 Å². The van der Waals surface area contributed by atoms with Gasteiger partial charge < -0.3 is 25.1 Å². The lowest BCUT2D eigenvalue weighted by Crippen LogP contribution is -2.41. The van der Waals surface area contributed by atoms with E-state index in [1.165, 1.54) is 7.11 Å². The zero-order chi connectivity index (χ0) is 15.5. The molecular formula is C15H22ClNO4. The Balaban J connectivity index is 2.40. The molecule has 21 heavy (non-hydrogen) atoms. The van der Waals surface area contributed by atoms with Gasteiger partial charge in [-0.1, -0.05) is 17.7 Å². The molecule has 0 bridgehead atoms. The first-order chi connectivity index (χ1) is 10.1. The topological polar surface area (TPSA) is 73.9 Å². The molecule has 5 nitrogen and oxygen atoms in total. The highest BCUT2D eigenvalue weighted by molar-refractivity contribution is 6.33. The molecule has 1 aromatic rings. The summed E-state index contributed by atoms with van der Waals surface area (Å²) in [7, 11) is 3.07. The maximum Gasteiger partial charge on any atom is 0.179 e. The second-order valence-corrected chi connectivity index (χ2v) is 5.66. The van der Waals surface area contributed by atoms with Crippen LogP contribution < -0.4 is 15.2 Å². The van der Waals surface area contributed by atoms with Gasteiger partial charge in [-0.05, 0) is 18.9 Å². The normalized spacial score (nSPS) is 19.1. The third-order valence-corrected chi connectivity index (χ3v) is 4.67. The van der Waals surface area contributed by atoms with Gasteiger partial charge >= 0.3 is 0 Å². The van der Waals surface area contributed by atoms with Crippen molar-refractivity contribution in [3.8, 4) is 11.5 Å². The maximum absolute atomic E-state index is 10.8. The van der Waals surface area contributed by atoms with Crippen LogP contribution in [0.15, 0.2) is 12.1 Å². The van der Waals surface area contributed by atoms with Crippen molar-refractivity contribution in [2.24, 2.45) is 11.1 Å². The Kier molecular flexibility index (Phi) is 5.32. The summed E-state index contributed by atoms with van der Waals surface area (Å²) in [5.41, 5.74) is 6.14. The van der Waals surface area contributed by atoms with Crippen molar-refractivity contribution in [1.29, 1.82) is 0 Å². The van der Waals surface area contributed by atoms with Gasteiger partial charge in [0.1, 0.15) is 0 Å². The van der Waals surface area contributed by atoms with Gasteiger partial charge in [-0.25, -0.2) is 0 Å². The molecule has 0 aliphatic carbocycles. The molecule has 1 aliphatic heterocycles. The standard InChI is InChI=1S/C15H22ClNO4/c1-19-11-4-3-10(12(16)13(11)20-2)14(18)15(9-17)5-7-21-8-6-15/h3-4,14,18H,5-9,17H2,1-2H3. The van der Waals surface area contributed by atoms with Gasteiger partial charge in [-0.2, -0.15) is 0 Å². The minimum absolute atomic E-state index is 0.365. The van der Waals surface area contributed by atoms with E-state index >= 15 is 0 Å². The number of aliphatic hydroxyl groups excluding tert-OH is 1. The highest BCUT2D eigenvalue weighted by Gasteiger charge is 2.40. The Bertz CT molecular complexity index is 489. The zero-order valence-electron chi connectivity index (χ0n) is 12.4. The summed E-state index contributed by atoms with van der Waals surface area (Å²) in [6.07, 6.45) is 0.642. The fourth-order valence-electron chi connectivity index (χ4n) is 2.81. The molecule has 0 amide bonds. The van der Waals surface area contributed by atoms with Crippen LogP contribution in [0.1, 0.15) is 24.5 Å². The molecule has 1 aromatic carbocycles. The molecular weight excluding hydrogens is 294 g/mol. The number of halogens is 1. The van der Waals surface area contributed by atoms with E-state index in [9.17, 15) is 5.11 Å². The third-order valence-electron chi connectivity index (χ3n) is 4.28. The minimum atomic E-state index is -0.765. The van der Waals surface area contributed by atoms with Crippen molar-refractivity contribution < 1.29 is 19.3 Å². The summed E-state index contributed by atoms with van der Waals surface area (Å²) in [5, 5.41) is 11.2.